The van der Waals surface area contributed by atoms with Crippen LogP contribution in [0.1, 0.15) is 23.5 Å². The molecule has 1 atom stereocenters. The van der Waals surface area contributed by atoms with E-state index in [0.717, 1.165) is 16.8 Å². The molecule has 0 saturated heterocycles. The van der Waals surface area contributed by atoms with Crippen LogP contribution in [-0.4, -0.2) is 18.9 Å². The number of anilines is 1. The second-order valence-electron chi connectivity index (χ2n) is 5.61. The molecule has 3 rings (SSSR count). The number of nitrogens with zero attached hydrogens (tertiary/aromatic N) is 1. The number of nitrogens with one attached hydrogen (secondary N) is 1. The Morgan fingerprint density at radius 1 is 1.22 bits per heavy atom. The summed E-state index contributed by atoms with van der Waals surface area (Å²) in [5.41, 5.74) is 2.66. The number of carbonyl (C=O) groups is 2. The van der Waals surface area contributed by atoms with Crippen molar-refractivity contribution >= 4 is 29.1 Å². The Balaban J connectivity index is 1.76. The minimum atomic E-state index is -0.442. The van der Waals surface area contributed by atoms with Gasteiger partial charge in [-0.1, -0.05) is 41.9 Å². The molecular formula is C18H17ClN2O2. The van der Waals surface area contributed by atoms with Crippen LogP contribution in [0.25, 0.3) is 0 Å². The van der Waals surface area contributed by atoms with Crippen molar-refractivity contribution in [2.45, 2.75) is 18.9 Å². The van der Waals surface area contributed by atoms with Crippen LogP contribution in [0, 0.1) is 0 Å². The van der Waals surface area contributed by atoms with E-state index in [9.17, 15) is 9.59 Å². The van der Waals surface area contributed by atoms with E-state index in [1.54, 1.807) is 24.1 Å². The van der Waals surface area contributed by atoms with Gasteiger partial charge in [0, 0.05) is 30.7 Å². The van der Waals surface area contributed by atoms with E-state index >= 15 is 0 Å². The predicted octanol–water partition coefficient (Wildman–Crippen LogP) is 3.11. The summed E-state index contributed by atoms with van der Waals surface area (Å²) in [6, 6.07) is 14.9. The van der Waals surface area contributed by atoms with E-state index in [4.69, 9.17) is 11.6 Å². The van der Waals surface area contributed by atoms with E-state index < -0.39 is 5.92 Å². The van der Waals surface area contributed by atoms with Crippen LogP contribution in [-0.2, 0) is 16.1 Å². The van der Waals surface area contributed by atoms with Crippen LogP contribution in [0.3, 0.4) is 0 Å². The van der Waals surface area contributed by atoms with Gasteiger partial charge in [0.1, 0.15) is 0 Å². The quantitative estimate of drug-likeness (QED) is 0.941. The summed E-state index contributed by atoms with van der Waals surface area (Å²) in [6.07, 6.45) is 0.194. The smallest absolute Gasteiger partial charge is 0.228 e. The van der Waals surface area contributed by atoms with Crippen LogP contribution in [0.4, 0.5) is 5.69 Å². The molecule has 0 saturated carbocycles. The number of amides is 2. The molecule has 5 heteroatoms. The molecule has 23 heavy (non-hydrogen) atoms. The first-order valence-corrected chi connectivity index (χ1v) is 7.81. The van der Waals surface area contributed by atoms with Gasteiger partial charge in [0.05, 0.1) is 5.92 Å². The summed E-state index contributed by atoms with van der Waals surface area (Å²) in [5.74, 6) is -0.619. The molecule has 0 bridgehead atoms. The Bertz CT molecular complexity index is 743. The van der Waals surface area contributed by atoms with Crippen molar-refractivity contribution in [3.05, 3.63) is 64.7 Å². The standard InChI is InChI=1S/C18H17ClN2O2/c1-21-16-5-3-2-4-14(16)15(10-17(21)22)18(23)20-11-12-6-8-13(19)9-7-12/h2-9,15H,10-11H2,1H3,(H,20,23). The summed E-state index contributed by atoms with van der Waals surface area (Å²) >= 11 is 5.85. The monoisotopic (exact) mass is 328 g/mol. The summed E-state index contributed by atoms with van der Waals surface area (Å²) < 4.78 is 0. The van der Waals surface area contributed by atoms with Gasteiger partial charge in [0.2, 0.25) is 11.8 Å². The van der Waals surface area contributed by atoms with Crippen LogP contribution in [0.5, 0.6) is 0 Å². The molecule has 0 aliphatic carbocycles. The summed E-state index contributed by atoms with van der Waals surface area (Å²) in [5, 5.41) is 3.57. The van der Waals surface area contributed by atoms with Gasteiger partial charge in [-0.25, -0.2) is 0 Å². The minimum absolute atomic E-state index is 0.0460. The number of para-hydroxylation sites is 1. The summed E-state index contributed by atoms with van der Waals surface area (Å²) in [6.45, 7) is 0.415. The molecule has 1 heterocycles. The fourth-order valence-electron chi connectivity index (χ4n) is 2.79. The van der Waals surface area contributed by atoms with Crippen LogP contribution < -0.4 is 10.2 Å². The topological polar surface area (TPSA) is 49.4 Å². The normalized spacial score (nSPS) is 16.9. The predicted molar refractivity (Wildman–Crippen MR) is 90.5 cm³/mol. The lowest BCUT2D eigenvalue weighted by atomic mass is 9.89. The Kier molecular flexibility index (Phi) is 4.35. The van der Waals surface area contributed by atoms with Crippen molar-refractivity contribution in [1.82, 2.24) is 5.32 Å². The highest BCUT2D eigenvalue weighted by Gasteiger charge is 2.33. The number of hydrogen-bond donors (Lipinski definition) is 1. The van der Waals surface area contributed by atoms with Gasteiger partial charge in [-0.15, -0.1) is 0 Å². The van der Waals surface area contributed by atoms with Crippen molar-refractivity contribution < 1.29 is 9.59 Å². The first kappa shape index (κ1) is 15.6. The zero-order chi connectivity index (χ0) is 16.4. The first-order valence-electron chi connectivity index (χ1n) is 7.44. The van der Waals surface area contributed by atoms with E-state index in [2.05, 4.69) is 5.32 Å². The molecule has 0 aromatic heterocycles. The Hall–Kier alpha value is -2.33. The Morgan fingerprint density at radius 3 is 2.65 bits per heavy atom. The van der Waals surface area contributed by atoms with Crippen molar-refractivity contribution in [2.24, 2.45) is 0 Å². The SMILES string of the molecule is CN1C(=O)CC(C(=O)NCc2ccc(Cl)cc2)c2ccccc21. The average molecular weight is 329 g/mol. The van der Waals surface area contributed by atoms with Gasteiger partial charge in [-0.2, -0.15) is 0 Å². The largest absolute Gasteiger partial charge is 0.351 e. The molecule has 0 fully saturated rings. The zero-order valence-corrected chi connectivity index (χ0v) is 13.5. The van der Waals surface area contributed by atoms with Crippen molar-refractivity contribution in [3.8, 4) is 0 Å². The molecule has 2 aromatic carbocycles. The Labute approximate surface area is 140 Å². The third-order valence-electron chi connectivity index (χ3n) is 4.12. The molecule has 0 radical (unpaired) electrons. The molecule has 4 nitrogen and oxygen atoms in total. The Morgan fingerprint density at radius 2 is 1.91 bits per heavy atom. The molecule has 2 aromatic rings. The van der Waals surface area contributed by atoms with E-state index in [1.165, 1.54) is 0 Å². The fraction of sp³-hybridized carbons (Fsp3) is 0.222. The maximum Gasteiger partial charge on any atom is 0.228 e. The van der Waals surface area contributed by atoms with Crippen molar-refractivity contribution in [1.29, 1.82) is 0 Å². The highest BCUT2D eigenvalue weighted by Crippen LogP contribution is 2.35. The molecule has 2 amide bonds. The van der Waals surface area contributed by atoms with E-state index in [-0.39, 0.29) is 18.2 Å². The lowest BCUT2D eigenvalue weighted by Crippen LogP contribution is -2.39. The van der Waals surface area contributed by atoms with Gasteiger partial charge in [0.25, 0.3) is 0 Å². The highest BCUT2D eigenvalue weighted by molar-refractivity contribution is 6.30. The summed E-state index contributed by atoms with van der Waals surface area (Å²) in [7, 11) is 1.74. The second kappa shape index (κ2) is 6.42. The van der Waals surface area contributed by atoms with Crippen LogP contribution in [0.2, 0.25) is 5.02 Å². The van der Waals surface area contributed by atoms with Gasteiger partial charge >= 0.3 is 0 Å². The number of hydrogen-bond acceptors (Lipinski definition) is 2. The van der Waals surface area contributed by atoms with E-state index in [1.807, 2.05) is 36.4 Å². The molecule has 1 N–H and O–H groups in total. The lowest BCUT2D eigenvalue weighted by molar-refractivity contribution is -0.127. The lowest BCUT2D eigenvalue weighted by Gasteiger charge is -2.30. The van der Waals surface area contributed by atoms with Gasteiger partial charge in [0.15, 0.2) is 0 Å². The van der Waals surface area contributed by atoms with Crippen LogP contribution >= 0.6 is 11.6 Å². The third kappa shape index (κ3) is 3.22. The van der Waals surface area contributed by atoms with Crippen molar-refractivity contribution in [2.75, 3.05) is 11.9 Å². The maximum absolute atomic E-state index is 12.5. The van der Waals surface area contributed by atoms with E-state index in [0.29, 0.717) is 11.6 Å². The summed E-state index contributed by atoms with van der Waals surface area (Å²) in [4.78, 5) is 26.3. The number of rotatable bonds is 3. The average Bonchev–Trinajstić information content (AvgIpc) is 2.57. The molecule has 0 spiro atoms. The zero-order valence-electron chi connectivity index (χ0n) is 12.8. The van der Waals surface area contributed by atoms with Crippen LogP contribution in [0.15, 0.2) is 48.5 Å². The highest BCUT2D eigenvalue weighted by atomic mass is 35.5. The van der Waals surface area contributed by atoms with Gasteiger partial charge in [-0.05, 0) is 29.3 Å². The van der Waals surface area contributed by atoms with Crippen molar-refractivity contribution in [3.63, 3.8) is 0 Å². The number of benzene rings is 2. The maximum atomic E-state index is 12.5. The van der Waals surface area contributed by atoms with Gasteiger partial charge < -0.3 is 10.2 Å². The number of halogens is 1. The fourth-order valence-corrected chi connectivity index (χ4v) is 2.92. The molecule has 1 unspecified atom stereocenters. The molecule has 1 aliphatic heterocycles. The first-order chi connectivity index (χ1) is 11.1. The molecule has 1 aliphatic rings. The molecular weight excluding hydrogens is 312 g/mol. The number of carbonyl (C=O) groups excluding carboxylic acids is 2. The van der Waals surface area contributed by atoms with Gasteiger partial charge in [-0.3, -0.25) is 9.59 Å². The molecule has 118 valence electrons. The third-order valence-corrected chi connectivity index (χ3v) is 4.37. The minimum Gasteiger partial charge on any atom is -0.351 e. The second-order valence-corrected chi connectivity index (χ2v) is 6.05. The number of fused-ring (bicyclic) bond motifs is 1.